The van der Waals surface area contributed by atoms with Crippen molar-refractivity contribution in [2.75, 3.05) is 13.2 Å². The van der Waals surface area contributed by atoms with Crippen molar-refractivity contribution in [3.63, 3.8) is 0 Å². The quantitative estimate of drug-likeness (QED) is 0.717. The van der Waals surface area contributed by atoms with E-state index < -0.39 is 10.0 Å². The van der Waals surface area contributed by atoms with Crippen LogP contribution in [0.5, 0.6) is 0 Å². The van der Waals surface area contributed by atoms with Crippen LogP contribution in [0.3, 0.4) is 0 Å². The number of nitrogens with two attached hydrogens (primary N) is 1. The number of hydrogen-bond donors (Lipinski definition) is 2. The van der Waals surface area contributed by atoms with Gasteiger partial charge in [0, 0.05) is 25.4 Å². The normalized spacial score (nSPS) is 23.3. The lowest BCUT2D eigenvalue weighted by Gasteiger charge is -2.34. The summed E-state index contributed by atoms with van der Waals surface area (Å²) < 4.78 is 33.7. The highest BCUT2D eigenvalue weighted by Crippen LogP contribution is 2.24. The second kappa shape index (κ2) is 6.00. The van der Waals surface area contributed by atoms with Gasteiger partial charge in [0.05, 0.1) is 18.8 Å². The minimum absolute atomic E-state index is 0.0422. The zero-order chi connectivity index (χ0) is 13.9. The van der Waals surface area contributed by atoms with Gasteiger partial charge in [0.1, 0.15) is 4.90 Å². The molecule has 0 unspecified atom stereocenters. The summed E-state index contributed by atoms with van der Waals surface area (Å²) in [5, 5.41) is 3.96. The maximum absolute atomic E-state index is 12.1. The van der Waals surface area contributed by atoms with Gasteiger partial charge in [-0.2, -0.15) is 5.10 Å². The van der Waals surface area contributed by atoms with E-state index in [1.807, 2.05) is 6.92 Å². The summed E-state index contributed by atoms with van der Waals surface area (Å²) in [7, 11) is -3.49. The Morgan fingerprint density at radius 3 is 2.95 bits per heavy atom. The fourth-order valence-corrected chi connectivity index (χ4v) is 3.27. The van der Waals surface area contributed by atoms with Crippen LogP contribution in [-0.4, -0.2) is 43.5 Å². The molecule has 0 spiro atoms. The van der Waals surface area contributed by atoms with Gasteiger partial charge in [-0.3, -0.25) is 4.68 Å². The molecule has 0 bridgehead atoms. The van der Waals surface area contributed by atoms with E-state index in [4.69, 9.17) is 10.5 Å². The van der Waals surface area contributed by atoms with Crippen LogP contribution in [0.4, 0.5) is 0 Å². The SMILES string of the molecule is CCOC1CC(NS(=O)(=O)c2cnn(CCN)c2)C1. The summed E-state index contributed by atoms with van der Waals surface area (Å²) in [6.07, 6.45) is 4.47. The third-order valence-corrected chi connectivity index (χ3v) is 4.57. The van der Waals surface area contributed by atoms with E-state index in [1.165, 1.54) is 17.1 Å². The van der Waals surface area contributed by atoms with E-state index in [1.54, 1.807) is 0 Å². The van der Waals surface area contributed by atoms with Crippen LogP contribution in [0.15, 0.2) is 17.3 Å². The molecule has 0 amide bonds. The van der Waals surface area contributed by atoms with Crippen molar-refractivity contribution in [1.82, 2.24) is 14.5 Å². The molecule has 1 aliphatic carbocycles. The fourth-order valence-electron chi connectivity index (χ4n) is 2.06. The third kappa shape index (κ3) is 3.53. The molecule has 2 rings (SSSR count). The molecule has 0 aromatic carbocycles. The number of rotatable bonds is 7. The Labute approximate surface area is 113 Å². The van der Waals surface area contributed by atoms with Crippen molar-refractivity contribution in [2.45, 2.75) is 43.4 Å². The summed E-state index contributed by atoms with van der Waals surface area (Å²) in [6.45, 7) is 3.53. The Morgan fingerprint density at radius 2 is 2.32 bits per heavy atom. The van der Waals surface area contributed by atoms with Gasteiger partial charge in [-0.1, -0.05) is 0 Å². The monoisotopic (exact) mass is 288 g/mol. The van der Waals surface area contributed by atoms with Gasteiger partial charge in [0.25, 0.3) is 0 Å². The number of nitrogens with one attached hydrogen (secondary N) is 1. The first-order valence-electron chi connectivity index (χ1n) is 6.41. The highest BCUT2D eigenvalue weighted by molar-refractivity contribution is 7.89. The van der Waals surface area contributed by atoms with Crippen LogP contribution in [-0.2, 0) is 21.3 Å². The Kier molecular flexibility index (Phi) is 4.56. The lowest BCUT2D eigenvalue weighted by atomic mass is 9.90. The second-order valence-electron chi connectivity index (χ2n) is 4.59. The van der Waals surface area contributed by atoms with Crippen molar-refractivity contribution < 1.29 is 13.2 Å². The predicted molar refractivity (Wildman–Crippen MR) is 70.0 cm³/mol. The third-order valence-electron chi connectivity index (χ3n) is 3.10. The van der Waals surface area contributed by atoms with Crippen molar-refractivity contribution in [3.05, 3.63) is 12.4 Å². The summed E-state index contributed by atoms with van der Waals surface area (Å²) in [5.74, 6) is 0. The molecule has 8 heteroatoms. The average molecular weight is 288 g/mol. The first-order chi connectivity index (χ1) is 9.05. The molecule has 19 heavy (non-hydrogen) atoms. The van der Waals surface area contributed by atoms with Gasteiger partial charge in [-0.25, -0.2) is 13.1 Å². The average Bonchev–Trinajstić information content (AvgIpc) is 2.76. The molecule has 7 nitrogen and oxygen atoms in total. The minimum Gasteiger partial charge on any atom is -0.378 e. The van der Waals surface area contributed by atoms with Gasteiger partial charge in [-0.05, 0) is 19.8 Å². The molecule has 1 fully saturated rings. The van der Waals surface area contributed by atoms with E-state index in [9.17, 15) is 8.42 Å². The molecule has 108 valence electrons. The number of aromatic nitrogens is 2. The second-order valence-corrected chi connectivity index (χ2v) is 6.31. The van der Waals surface area contributed by atoms with Crippen LogP contribution in [0.25, 0.3) is 0 Å². The molecule has 1 heterocycles. The molecular weight excluding hydrogens is 268 g/mol. The summed E-state index contributed by atoms with van der Waals surface area (Å²) in [6, 6.07) is -0.0422. The molecule has 1 aromatic heterocycles. The topological polar surface area (TPSA) is 99.2 Å². The lowest BCUT2D eigenvalue weighted by Crippen LogP contribution is -2.47. The molecule has 1 saturated carbocycles. The number of sulfonamides is 1. The first kappa shape index (κ1) is 14.4. The Balaban J connectivity index is 1.91. The van der Waals surface area contributed by atoms with E-state index in [-0.39, 0.29) is 17.0 Å². The molecule has 1 aliphatic rings. The standard InChI is InChI=1S/C11H20N4O3S/c1-2-18-10-5-9(6-10)14-19(16,17)11-7-13-15(8-11)4-3-12/h7-10,14H,2-6,12H2,1H3. The molecule has 0 aliphatic heterocycles. The number of hydrogen-bond acceptors (Lipinski definition) is 5. The smallest absolute Gasteiger partial charge is 0.243 e. The highest BCUT2D eigenvalue weighted by Gasteiger charge is 2.33. The van der Waals surface area contributed by atoms with E-state index in [2.05, 4.69) is 9.82 Å². The van der Waals surface area contributed by atoms with Crippen LogP contribution in [0, 0.1) is 0 Å². The van der Waals surface area contributed by atoms with Crippen molar-refractivity contribution >= 4 is 10.0 Å². The fraction of sp³-hybridized carbons (Fsp3) is 0.727. The lowest BCUT2D eigenvalue weighted by molar-refractivity contribution is -0.00475. The molecule has 1 aromatic rings. The Morgan fingerprint density at radius 1 is 1.58 bits per heavy atom. The van der Waals surface area contributed by atoms with Crippen LogP contribution in [0.2, 0.25) is 0 Å². The van der Waals surface area contributed by atoms with Crippen LogP contribution < -0.4 is 10.5 Å². The Hall–Kier alpha value is -0.960. The van der Waals surface area contributed by atoms with Crippen LogP contribution in [0.1, 0.15) is 19.8 Å². The molecule has 0 saturated heterocycles. The van der Waals surface area contributed by atoms with E-state index in [0.717, 1.165) is 12.8 Å². The summed E-state index contributed by atoms with van der Waals surface area (Å²) >= 11 is 0. The molecule has 0 atom stereocenters. The zero-order valence-corrected chi connectivity index (χ0v) is 11.8. The predicted octanol–water partition coefficient (Wildman–Crippen LogP) is -0.312. The first-order valence-corrected chi connectivity index (χ1v) is 7.90. The van der Waals surface area contributed by atoms with Gasteiger partial charge in [0.15, 0.2) is 0 Å². The van der Waals surface area contributed by atoms with Crippen molar-refractivity contribution in [2.24, 2.45) is 5.73 Å². The zero-order valence-electron chi connectivity index (χ0n) is 10.9. The van der Waals surface area contributed by atoms with Crippen LogP contribution >= 0.6 is 0 Å². The largest absolute Gasteiger partial charge is 0.378 e. The maximum atomic E-state index is 12.1. The number of ether oxygens (including phenoxy) is 1. The maximum Gasteiger partial charge on any atom is 0.243 e. The van der Waals surface area contributed by atoms with Gasteiger partial charge in [0.2, 0.25) is 10.0 Å². The molecule has 0 radical (unpaired) electrons. The van der Waals surface area contributed by atoms with Gasteiger partial charge >= 0.3 is 0 Å². The van der Waals surface area contributed by atoms with E-state index in [0.29, 0.717) is 19.7 Å². The highest BCUT2D eigenvalue weighted by atomic mass is 32.2. The number of nitrogens with zero attached hydrogens (tertiary/aromatic N) is 2. The molecule has 3 N–H and O–H groups in total. The van der Waals surface area contributed by atoms with Gasteiger partial charge in [-0.15, -0.1) is 0 Å². The van der Waals surface area contributed by atoms with Crippen molar-refractivity contribution in [1.29, 1.82) is 0 Å². The van der Waals surface area contributed by atoms with Crippen molar-refractivity contribution in [3.8, 4) is 0 Å². The Bertz CT molecular complexity index is 508. The summed E-state index contributed by atoms with van der Waals surface area (Å²) in [4.78, 5) is 0.181. The van der Waals surface area contributed by atoms with Gasteiger partial charge < -0.3 is 10.5 Å². The minimum atomic E-state index is -3.49. The van der Waals surface area contributed by atoms with E-state index >= 15 is 0 Å². The molecular formula is C11H20N4O3S. The summed E-state index contributed by atoms with van der Waals surface area (Å²) in [5.41, 5.74) is 5.39.